The van der Waals surface area contributed by atoms with Crippen LogP contribution in [0.4, 0.5) is 5.69 Å². The van der Waals surface area contributed by atoms with Crippen LogP contribution in [0.15, 0.2) is 12.1 Å². The molecule has 21 heavy (non-hydrogen) atoms. The molecule has 1 amide bonds. The molecule has 2 rings (SSSR count). The van der Waals surface area contributed by atoms with Gasteiger partial charge >= 0.3 is 0 Å². The van der Waals surface area contributed by atoms with Crippen LogP contribution in [0.1, 0.15) is 31.7 Å². The van der Waals surface area contributed by atoms with E-state index in [2.05, 4.69) is 17.6 Å². The standard InChI is InChI=1S/C16H23ClN2O2/c1-4-16(5-7-18-8-6-16)15(20)19-13-9-11(2)12(17)10-14(13)21-3/h9-10,18H,4-8H2,1-3H3,(H,19,20). The van der Waals surface area contributed by atoms with Crippen LogP contribution in [0.25, 0.3) is 0 Å². The number of methoxy groups -OCH3 is 1. The van der Waals surface area contributed by atoms with Crippen molar-refractivity contribution >= 4 is 23.2 Å². The van der Waals surface area contributed by atoms with Crippen molar-refractivity contribution in [3.63, 3.8) is 0 Å². The van der Waals surface area contributed by atoms with Crippen molar-refractivity contribution in [1.82, 2.24) is 5.32 Å². The molecular weight excluding hydrogens is 288 g/mol. The van der Waals surface area contributed by atoms with E-state index in [1.807, 2.05) is 13.0 Å². The van der Waals surface area contributed by atoms with Crippen molar-refractivity contribution in [3.8, 4) is 5.75 Å². The summed E-state index contributed by atoms with van der Waals surface area (Å²) in [6.45, 7) is 5.77. The summed E-state index contributed by atoms with van der Waals surface area (Å²) in [5, 5.41) is 6.99. The van der Waals surface area contributed by atoms with Crippen molar-refractivity contribution in [2.75, 3.05) is 25.5 Å². The number of anilines is 1. The number of halogens is 1. The highest BCUT2D eigenvalue weighted by Gasteiger charge is 2.38. The number of benzene rings is 1. The molecule has 1 aliphatic rings. The topological polar surface area (TPSA) is 50.4 Å². The van der Waals surface area contributed by atoms with Crippen molar-refractivity contribution in [3.05, 3.63) is 22.7 Å². The van der Waals surface area contributed by atoms with Gasteiger partial charge in [0.15, 0.2) is 0 Å². The average molecular weight is 311 g/mol. The second-order valence-electron chi connectivity index (χ2n) is 5.64. The molecule has 4 nitrogen and oxygen atoms in total. The Kier molecular flexibility index (Phi) is 5.12. The van der Waals surface area contributed by atoms with Crippen LogP contribution in [0, 0.1) is 12.3 Å². The predicted molar refractivity (Wildman–Crippen MR) is 86.2 cm³/mol. The first-order valence-electron chi connectivity index (χ1n) is 7.39. The number of carbonyl (C=O) groups excluding carboxylic acids is 1. The number of hydrogen-bond donors (Lipinski definition) is 2. The molecule has 116 valence electrons. The van der Waals surface area contributed by atoms with Crippen molar-refractivity contribution < 1.29 is 9.53 Å². The molecule has 0 spiro atoms. The Morgan fingerprint density at radius 3 is 2.67 bits per heavy atom. The fraction of sp³-hybridized carbons (Fsp3) is 0.562. The summed E-state index contributed by atoms with van der Waals surface area (Å²) in [7, 11) is 1.58. The van der Waals surface area contributed by atoms with E-state index in [1.165, 1.54) is 0 Å². The van der Waals surface area contributed by atoms with Gasteiger partial charge in [-0.05, 0) is 50.9 Å². The van der Waals surface area contributed by atoms with E-state index in [0.717, 1.165) is 37.9 Å². The van der Waals surface area contributed by atoms with Crippen LogP contribution in [0.5, 0.6) is 5.75 Å². The number of carbonyl (C=O) groups is 1. The summed E-state index contributed by atoms with van der Waals surface area (Å²) >= 11 is 6.10. The fourth-order valence-corrected chi connectivity index (χ4v) is 2.98. The largest absolute Gasteiger partial charge is 0.495 e. The molecule has 0 saturated carbocycles. The van der Waals surface area contributed by atoms with Gasteiger partial charge in [-0.25, -0.2) is 0 Å². The molecule has 5 heteroatoms. The zero-order valence-electron chi connectivity index (χ0n) is 12.9. The summed E-state index contributed by atoms with van der Waals surface area (Å²) in [6, 6.07) is 3.61. The zero-order valence-corrected chi connectivity index (χ0v) is 13.6. The molecule has 1 aromatic rings. The minimum Gasteiger partial charge on any atom is -0.495 e. The van der Waals surface area contributed by atoms with E-state index in [0.29, 0.717) is 16.5 Å². The van der Waals surface area contributed by atoms with Crippen molar-refractivity contribution in [1.29, 1.82) is 0 Å². The summed E-state index contributed by atoms with van der Waals surface area (Å²) in [6.07, 6.45) is 2.57. The maximum atomic E-state index is 12.8. The third kappa shape index (κ3) is 3.33. The normalized spacial score (nSPS) is 17.3. The molecule has 1 fully saturated rings. The molecule has 0 unspecified atom stereocenters. The lowest BCUT2D eigenvalue weighted by Gasteiger charge is -2.35. The monoisotopic (exact) mass is 310 g/mol. The average Bonchev–Trinajstić information content (AvgIpc) is 2.51. The van der Waals surface area contributed by atoms with Gasteiger partial charge in [-0.15, -0.1) is 0 Å². The smallest absolute Gasteiger partial charge is 0.230 e. The quantitative estimate of drug-likeness (QED) is 0.896. The van der Waals surface area contributed by atoms with Crippen molar-refractivity contribution in [2.24, 2.45) is 5.41 Å². The number of amides is 1. The minimum absolute atomic E-state index is 0.0755. The Hall–Kier alpha value is -1.26. The summed E-state index contributed by atoms with van der Waals surface area (Å²) in [4.78, 5) is 12.8. The molecule has 0 radical (unpaired) electrons. The number of nitrogens with one attached hydrogen (secondary N) is 2. The van der Waals surface area contributed by atoms with E-state index in [1.54, 1.807) is 13.2 Å². The number of piperidine rings is 1. The molecule has 1 heterocycles. The van der Waals surface area contributed by atoms with Crippen LogP contribution in [-0.2, 0) is 4.79 Å². The Labute approximate surface area is 131 Å². The van der Waals surface area contributed by atoms with Gasteiger partial charge in [0.05, 0.1) is 18.2 Å². The molecule has 2 N–H and O–H groups in total. The number of hydrogen-bond acceptors (Lipinski definition) is 3. The molecule has 0 aliphatic carbocycles. The molecule has 0 bridgehead atoms. The summed E-state index contributed by atoms with van der Waals surface area (Å²) in [5.41, 5.74) is 1.32. The van der Waals surface area contributed by atoms with Gasteiger partial charge in [-0.3, -0.25) is 4.79 Å². The molecule has 0 atom stereocenters. The molecule has 1 aromatic carbocycles. The summed E-state index contributed by atoms with van der Waals surface area (Å²) < 4.78 is 5.32. The number of ether oxygens (including phenoxy) is 1. The van der Waals surface area contributed by atoms with E-state index in [-0.39, 0.29) is 11.3 Å². The Morgan fingerprint density at radius 1 is 1.43 bits per heavy atom. The van der Waals surface area contributed by atoms with Gasteiger partial charge in [0.25, 0.3) is 0 Å². The van der Waals surface area contributed by atoms with Gasteiger partial charge in [-0.2, -0.15) is 0 Å². The Bertz CT molecular complexity index is 525. The van der Waals surface area contributed by atoms with Gasteiger partial charge < -0.3 is 15.4 Å². The second kappa shape index (κ2) is 6.67. The third-order valence-electron chi connectivity index (χ3n) is 4.45. The zero-order chi connectivity index (χ0) is 15.5. The van der Waals surface area contributed by atoms with E-state index < -0.39 is 0 Å². The van der Waals surface area contributed by atoms with Gasteiger partial charge in [0.1, 0.15) is 5.75 Å². The Morgan fingerprint density at radius 2 is 2.10 bits per heavy atom. The second-order valence-corrected chi connectivity index (χ2v) is 6.05. The first-order valence-corrected chi connectivity index (χ1v) is 7.76. The van der Waals surface area contributed by atoms with Gasteiger partial charge in [0.2, 0.25) is 5.91 Å². The highest BCUT2D eigenvalue weighted by atomic mass is 35.5. The Balaban J connectivity index is 2.24. The van der Waals surface area contributed by atoms with E-state index >= 15 is 0 Å². The first kappa shape index (κ1) is 16.1. The number of rotatable bonds is 4. The first-order chi connectivity index (χ1) is 10.0. The van der Waals surface area contributed by atoms with E-state index in [4.69, 9.17) is 16.3 Å². The number of aryl methyl sites for hydroxylation is 1. The highest BCUT2D eigenvalue weighted by molar-refractivity contribution is 6.31. The molecular formula is C16H23ClN2O2. The summed E-state index contributed by atoms with van der Waals surface area (Å²) in [5.74, 6) is 0.672. The maximum Gasteiger partial charge on any atom is 0.230 e. The SMILES string of the molecule is CCC1(C(=O)Nc2cc(C)c(Cl)cc2OC)CCNCC1. The van der Waals surface area contributed by atoms with E-state index in [9.17, 15) is 4.79 Å². The van der Waals surface area contributed by atoms with Crippen molar-refractivity contribution in [2.45, 2.75) is 33.1 Å². The molecule has 1 aliphatic heterocycles. The fourth-order valence-electron chi connectivity index (χ4n) is 2.83. The molecule has 1 saturated heterocycles. The van der Waals surface area contributed by atoms with Gasteiger partial charge in [0, 0.05) is 11.1 Å². The highest BCUT2D eigenvalue weighted by Crippen LogP contribution is 2.36. The van der Waals surface area contributed by atoms with Crippen LogP contribution in [0.3, 0.4) is 0 Å². The third-order valence-corrected chi connectivity index (χ3v) is 4.86. The van der Waals surface area contributed by atoms with Crippen LogP contribution >= 0.6 is 11.6 Å². The van der Waals surface area contributed by atoms with Crippen LogP contribution < -0.4 is 15.4 Å². The lowest BCUT2D eigenvalue weighted by atomic mass is 9.76. The molecule has 0 aromatic heterocycles. The predicted octanol–water partition coefficient (Wildman–Crippen LogP) is 3.38. The van der Waals surface area contributed by atoms with Crippen LogP contribution in [0.2, 0.25) is 5.02 Å². The lowest BCUT2D eigenvalue weighted by molar-refractivity contribution is -0.127. The van der Waals surface area contributed by atoms with Crippen LogP contribution in [-0.4, -0.2) is 26.1 Å². The van der Waals surface area contributed by atoms with Gasteiger partial charge in [-0.1, -0.05) is 18.5 Å². The maximum absolute atomic E-state index is 12.8. The minimum atomic E-state index is -0.288. The lowest BCUT2D eigenvalue weighted by Crippen LogP contribution is -2.44.